The first-order valence-corrected chi connectivity index (χ1v) is 12.3. The Hall–Kier alpha value is -0.850. The van der Waals surface area contributed by atoms with Crippen molar-refractivity contribution in [3.8, 4) is 0 Å². The lowest BCUT2D eigenvalue weighted by atomic mass is 9.87. The Balaban J connectivity index is 0.000000273. The second-order valence-electron chi connectivity index (χ2n) is 7.96. The first kappa shape index (κ1) is 23.2. The molecule has 2 rings (SSSR count). The molecule has 0 spiro atoms. The third-order valence-electron chi connectivity index (χ3n) is 4.77. The largest absolute Gasteiger partial charge is 0.744 e. The van der Waals surface area contributed by atoms with Crippen LogP contribution in [0.5, 0.6) is 0 Å². The number of carbonyl (C=O) groups excluding carboxylic acids is 1. The van der Waals surface area contributed by atoms with E-state index in [-0.39, 0.29) is 15.8 Å². The molecule has 0 amide bonds. The normalized spacial score (nSPS) is 17.2. The molecule has 0 bridgehead atoms. The van der Waals surface area contributed by atoms with Crippen LogP contribution >= 0.6 is 0 Å². The van der Waals surface area contributed by atoms with Gasteiger partial charge in [0.25, 0.3) is 0 Å². The van der Waals surface area contributed by atoms with Crippen LogP contribution in [0.2, 0.25) is 0 Å². The Labute approximate surface area is 161 Å². The topological polar surface area (TPSA) is 74.3 Å². The smallest absolute Gasteiger partial charge is 0.184 e. The van der Waals surface area contributed by atoms with Gasteiger partial charge >= 0.3 is 0 Å². The number of hydrogen-bond acceptors (Lipinski definition) is 4. The highest BCUT2D eigenvalue weighted by Crippen LogP contribution is 2.26. The average Bonchev–Trinajstić information content (AvgIpc) is 2.55. The van der Waals surface area contributed by atoms with Crippen molar-refractivity contribution in [1.29, 1.82) is 0 Å². The molecule has 1 aromatic carbocycles. The zero-order valence-corrected chi connectivity index (χ0v) is 18.2. The van der Waals surface area contributed by atoms with E-state index in [9.17, 15) is 17.8 Å². The van der Waals surface area contributed by atoms with Crippen molar-refractivity contribution in [3.63, 3.8) is 0 Å². The summed E-state index contributed by atoms with van der Waals surface area (Å²) in [6, 6.07) is 5.78. The molecule has 1 aliphatic carbocycles. The molecular weight excluding hydrogens is 368 g/mol. The number of benzene rings is 1. The number of Topliss-reactive ketones (excluding diaryl/α,β-unsaturated/α-hetero) is 1. The van der Waals surface area contributed by atoms with E-state index in [1.165, 1.54) is 31.4 Å². The van der Waals surface area contributed by atoms with Gasteiger partial charge in [-0.05, 0) is 63.6 Å². The van der Waals surface area contributed by atoms with Crippen LogP contribution < -0.4 is 0 Å². The first-order chi connectivity index (χ1) is 11.9. The molecule has 26 heavy (non-hydrogen) atoms. The molecule has 4 nitrogen and oxygen atoms in total. The molecule has 1 atom stereocenters. The predicted molar refractivity (Wildman–Crippen MR) is 109 cm³/mol. The molecule has 0 saturated heterocycles. The van der Waals surface area contributed by atoms with E-state index in [1.54, 1.807) is 12.1 Å². The quantitative estimate of drug-likeness (QED) is 0.564. The van der Waals surface area contributed by atoms with Crippen molar-refractivity contribution in [1.82, 2.24) is 0 Å². The fourth-order valence-electron chi connectivity index (χ4n) is 2.68. The molecule has 6 heteroatoms. The van der Waals surface area contributed by atoms with Gasteiger partial charge in [0.2, 0.25) is 0 Å². The van der Waals surface area contributed by atoms with E-state index in [0.29, 0.717) is 16.4 Å². The van der Waals surface area contributed by atoms with E-state index < -0.39 is 10.1 Å². The average molecular weight is 401 g/mol. The monoisotopic (exact) mass is 400 g/mol. The summed E-state index contributed by atoms with van der Waals surface area (Å²) in [5, 5.41) is 0. The zero-order valence-electron chi connectivity index (χ0n) is 16.6. The van der Waals surface area contributed by atoms with Crippen LogP contribution in [0.1, 0.15) is 58.4 Å². The second-order valence-corrected chi connectivity index (χ2v) is 12.1. The predicted octanol–water partition coefficient (Wildman–Crippen LogP) is 4.08. The highest BCUT2D eigenvalue weighted by molar-refractivity contribution is 7.98. The molecule has 1 aliphatic rings. The lowest BCUT2D eigenvalue weighted by molar-refractivity contribution is -0.121. The van der Waals surface area contributed by atoms with E-state index in [1.807, 2.05) is 6.92 Å². The maximum absolute atomic E-state index is 12.1. The van der Waals surface area contributed by atoms with Crippen molar-refractivity contribution in [3.05, 3.63) is 29.8 Å². The Kier molecular flexibility index (Phi) is 8.83. The van der Waals surface area contributed by atoms with Gasteiger partial charge in [-0.3, -0.25) is 4.79 Å². The van der Waals surface area contributed by atoms with Crippen LogP contribution in [0.3, 0.4) is 0 Å². The number of hydrogen-bond donors (Lipinski definition) is 0. The molecule has 1 aromatic rings. The number of ketones is 1. The van der Waals surface area contributed by atoms with Gasteiger partial charge in [0.1, 0.15) is 14.9 Å². The van der Waals surface area contributed by atoms with Gasteiger partial charge in [-0.1, -0.05) is 37.0 Å². The zero-order chi connectivity index (χ0) is 20.0. The lowest BCUT2D eigenvalue weighted by Gasteiger charge is -2.22. The fourth-order valence-corrected chi connectivity index (χ4v) is 4.24. The summed E-state index contributed by atoms with van der Waals surface area (Å²) in [6.45, 7) is 8.54. The SMILES string of the molecule is C[S+](CC(=O)C1CCCCC1)C(C)(C)C.Cc1ccc(S(=O)(=O)[O-])cc1. The van der Waals surface area contributed by atoms with Crippen molar-refractivity contribution in [2.75, 3.05) is 12.0 Å². The van der Waals surface area contributed by atoms with Gasteiger partial charge in [-0.25, -0.2) is 8.42 Å². The summed E-state index contributed by atoms with van der Waals surface area (Å²) in [7, 11) is -4.04. The van der Waals surface area contributed by atoms with Crippen LogP contribution in [0.25, 0.3) is 0 Å². The summed E-state index contributed by atoms with van der Waals surface area (Å²) in [4.78, 5) is 11.9. The third-order valence-corrected chi connectivity index (χ3v) is 8.43. The molecule has 0 radical (unpaired) electrons. The Morgan fingerprint density at radius 2 is 1.62 bits per heavy atom. The molecule has 1 fully saturated rings. The summed E-state index contributed by atoms with van der Waals surface area (Å²) in [5.41, 5.74) is 0.928. The molecule has 0 aliphatic heterocycles. The Morgan fingerprint density at radius 3 is 2.04 bits per heavy atom. The van der Waals surface area contributed by atoms with Gasteiger partial charge in [0.05, 0.1) is 11.2 Å². The summed E-state index contributed by atoms with van der Waals surface area (Å²) < 4.78 is 31.5. The highest BCUT2D eigenvalue weighted by Gasteiger charge is 2.34. The summed E-state index contributed by atoms with van der Waals surface area (Å²) >= 11 is 0. The number of aryl methyl sites for hydroxylation is 1. The van der Waals surface area contributed by atoms with E-state index in [2.05, 4.69) is 27.0 Å². The Morgan fingerprint density at radius 1 is 1.12 bits per heavy atom. The third kappa shape index (κ3) is 8.23. The van der Waals surface area contributed by atoms with E-state index >= 15 is 0 Å². The molecule has 1 saturated carbocycles. The van der Waals surface area contributed by atoms with Gasteiger partial charge in [-0.2, -0.15) is 0 Å². The maximum Gasteiger partial charge on any atom is 0.184 e. The van der Waals surface area contributed by atoms with Crippen LogP contribution in [-0.2, 0) is 25.8 Å². The van der Waals surface area contributed by atoms with Crippen molar-refractivity contribution < 1.29 is 17.8 Å². The van der Waals surface area contributed by atoms with Crippen molar-refractivity contribution in [2.45, 2.75) is 69.4 Å². The lowest BCUT2D eigenvalue weighted by Crippen LogP contribution is -2.35. The number of rotatable bonds is 4. The molecule has 0 N–H and O–H groups in total. The van der Waals surface area contributed by atoms with Gasteiger partial charge in [0, 0.05) is 5.92 Å². The standard InChI is InChI=1S/C13H25OS.C7H8O3S/c1-13(2,3)15(4)10-12(14)11-8-6-5-7-9-11;1-6-2-4-7(5-3-6)11(8,9)10/h11H,5-10H2,1-4H3;2-5H,1H3,(H,8,9,10)/q+1;/p-1. The fraction of sp³-hybridized carbons (Fsp3) is 0.650. The van der Waals surface area contributed by atoms with Crippen LogP contribution in [0, 0.1) is 12.8 Å². The summed E-state index contributed by atoms with van der Waals surface area (Å²) in [5.74, 6) is 1.75. The van der Waals surface area contributed by atoms with Crippen LogP contribution in [0.4, 0.5) is 0 Å². The minimum Gasteiger partial charge on any atom is -0.744 e. The van der Waals surface area contributed by atoms with Crippen LogP contribution in [-0.4, -0.2) is 35.5 Å². The molecular formula is C20H32O4S2. The van der Waals surface area contributed by atoms with Gasteiger partial charge in [-0.15, -0.1) is 0 Å². The van der Waals surface area contributed by atoms with E-state index in [0.717, 1.165) is 24.2 Å². The molecule has 0 heterocycles. The minimum absolute atomic E-state index is 0.178. The highest BCUT2D eigenvalue weighted by atomic mass is 32.2. The molecule has 148 valence electrons. The van der Waals surface area contributed by atoms with Crippen molar-refractivity contribution >= 4 is 26.8 Å². The summed E-state index contributed by atoms with van der Waals surface area (Å²) in [6.07, 6.45) is 8.41. The minimum atomic E-state index is -4.27. The second kappa shape index (κ2) is 9.90. The number of carbonyl (C=O) groups is 1. The molecule has 0 aromatic heterocycles. The maximum atomic E-state index is 12.1. The van der Waals surface area contributed by atoms with Crippen molar-refractivity contribution in [2.24, 2.45) is 5.92 Å². The van der Waals surface area contributed by atoms with Crippen LogP contribution in [0.15, 0.2) is 29.2 Å². The molecule has 1 unspecified atom stereocenters. The van der Waals surface area contributed by atoms with Gasteiger partial charge in [0.15, 0.2) is 11.5 Å². The Bertz CT molecular complexity index is 667. The van der Waals surface area contributed by atoms with E-state index in [4.69, 9.17) is 0 Å². The first-order valence-electron chi connectivity index (χ1n) is 9.09. The van der Waals surface area contributed by atoms with Gasteiger partial charge < -0.3 is 4.55 Å².